The smallest absolute Gasteiger partial charge is 0.225 e. The second-order valence-electron chi connectivity index (χ2n) is 8.33. The Morgan fingerprint density at radius 2 is 1.88 bits per heavy atom. The Morgan fingerprint density at radius 3 is 2.50 bits per heavy atom. The maximum atomic E-state index is 12.8. The maximum absolute atomic E-state index is 12.8. The minimum atomic E-state index is -0.433. The lowest BCUT2D eigenvalue weighted by Gasteiger charge is -2.34. The second kappa shape index (κ2) is 13.4. The van der Waals surface area contributed by atoms with Crippen molar-refractivity contribution >= 4 is 5.91 Å². The fourth-order valence-corrected chi connectivity index (χ4v) is 3.45. The van der Waals surface area contributed by atoms with Crippen LogP contribution in [-0.2, 0) is 32.0 Å². The van der Waals surface area contributed by atoms with Gasteiger partial charge in [0.2, 0.25) is 5.91 Å². The molecule has 32 heavy (non-hydrogen) atoms. The lowest BCUT2D eigenvalue weighted by molar-refractivity contribution is -0.151. The third-order valence-electron chi connectivity index (χ3n) is 5.86. The molecule has 7 heteroatoms. The SMILES string of the molecule is CCn1cc(-c2cccc(CCOCCC(=O)N(CC(OC)OC)C(C)C(C)C)c2)cn1. The molecule has 0 spiro atoms. The average molecular weight is 446 g/mol. The predicted molar refractivity (Wildman–Crippen MR) is 126 cm³/mol. The summed E-state index contributed by atoms with van der Waals surface area (Å²) in [6.45, 7) is 10.6. The van der Waals surface area contributed by atoms with Crippen molar-refractivity contribution < 1.29 is 19.0 Å². The zero-order valence-corrected chi connectivity index (χ0v) is 20.4. The van der Waals surface area contributed by atoms with E-state index in [4.69, 9.17) is 14.2 Å². The molecule has 1 aromatic heterocycles. The van der Waals surface area contributed by atoms with Gasteiger partial charge in [-0.1, -0.05) is 38.1 Å². The van der Waals surface area contributed by atoms with Crippen molar-refractivity contribution in [2.24, 2.45) is 5.92 Å². The van der Waals surface area contributed by atoms with Crippen molar-refractivity contribution in [2.75, 3.05) is 34.0 Å². The first-order chi connectivity index (χ1) is 15.4. The number of ether oxygens (including phenoxy) is 3. The first-order valence-electron chi connectivity index (χ1n) is 11.4. The quantitative estimate of drug-likeness (QED) is 0.325. The molecule has 1 aromatic carbocycles. The molecule has 0 aliphatic rings. The van der Waals surface area contributed by atoms with E-state index < -0.39 is 6.29 Å². The fraction of sp³-hybridized carbons (Fsp3) is 0.600. The molecule has 178 valence electrons. The van der Waals surface area contributed by atoms with Crippen molar-refractivity contribution in [3.63, 3.8) is 0 Å². The zero-order valence-electron chi connectivity index (χ0n) is 20.4. The largest absolute Gasteiger partial charge is 0.381 e. The summed E-state index contributed by atoms with van der Waals surface area (Å²) in [6, 6.07) is 8.52. The van der Waals surface area contributed by atoms with Gasteiger partial charge in [-0.05, 0) is 37.3 Å². The van der Waals surface area contributed by atoms with Crippen LogP contribution in [0.25, 0.3) is 11.1 Å². The van der Waals surface area contributed by atoms with Gasteiger partial charge in [0.15, 0.2) is 6.29 Å². The second-order valence-corrected chi connectivity index (χ2v) is 8.33. The highest BCUT2D eigenvalue weighted by molar-refractivity contribution is 5.76. The minimum Gasteiger partial charge on any atom is -0.381 e. The minimum absolute atomic E-state index is 0.0558. The van der Waals surface area contributed by atoms with Crippen molar-refractivity contribution in [1.29, 1.82) is 0 Å². The lowest BCUT2D eigenvalue weighted by atomic mass is 10.0. The van der Waals surface area contributed by atoms with Crippen LogP contribution in [-0.4, -0.2) is 66.9 Å². The standard InChI is InChI=1S/C25H39N3O4/c1-7-27-17-23(16-26-27)22-10-8-9-21(15-22)11-13-32-14-12-24(29)28(20(4)19(2)3)18-25(30-5)31-6/h8-10,15-17,19-20,25H,7,11-14,18H2,1-6H3. The number of amides is 1. The normalized spacial score (nSPS) is 12.5. The number of aromatic nitrogens is 2. The Kier molecular flexibility index (Phi) is 10.9. The highest BCUT2D eigenvalue weighted by Crippen LogP contribution is 2.20. The Morgan fingerprint density at radius 1 is 1.12 bits per heavy atom. The van der Waals surface area contributed by atoms with Crippen LogP contribution in [0.4, 0.5) is 0 Å². The summed E-state index contributed by atoms with van der Waals surface area (Å²) in [7, 11) is 3.18. The third-order valence-corrected chi connectivity index (χ3v) is 5.86. The van der Waals surface area contributed by atoms with Crippen LogP contribution in [0.5, 0.6) is 0 Å². The molecule has 0 bridgehead atoms. The molecule has 0 saturated carbocycles. The number of aryl methyl sites for hydroxylation is 1. The monoisotopic (exact) mass is 445 g/mol. The van der Waals surface area contributed by atoms with Crippen LogP contribution in [0, 0.1) is 5.92 Å². The summed E-state index contributed by atoms with van der Waals surface area (Å²) in [4.78, 5) is 14.7. The molecule has 0 saturated heterocycles. The lowest BCUT2D eigenvalue weighted by Crippen LogP contribution is -2.46. The van der Waals surface area contributed by atoms with Crippen LogP contribution in [0.2, 0.25) is 0 Å². The molecule has 0 fully saturated rings. The predicted octanol–water partition coefficient (Wildman–Crippen LogP) is 4.01. The molecular formula is C25H39N3O4. The summed E-state index contributed by atoms with van der Waals surface area (Å²) in [5, 5.41) is 4.35. The van der Waals surface area contributed by atoms with Crippen molar-refractivity contribution in [3.8, 4) is 11.1 Å². The molecule has 2 rings (SSSR count). The molecule has 1 unspecified atom stereocenters. The molecule has 1 atom stereocenters. The maximum Gasteiger partial charge on any atom is 0.225 e. The summed E-state index contributed by atoms with van der Waals surface area (Å²) < 4.78 is 18.3. The van der Waals surface area contributed by atoms with Gasteiger partial charge in [-0.25, -0.2) is 0 Å². The van der Waals surface area contributed by atoms with Gasteiger partial charge in [-0.2, -0.15) is 5.10 Å². The summed E-state index contributed by atoms with van der Waals surface area (Å²) in [5.41, 5.74) is 3.47. The topological polar surface area (TPSA) is 65.8 Å². The first-order valence-corrected chi connectivity index (χ1v) is 11.4. The van der Waals surface area contributed by atoms with Gasteiger partial charge in [0.25, 0.3) is 0 Å². The van der Waals surface area contributed by atoms with E-state index in [-0.39, 0.29) is 11.9 Å². The van der Waals surface area contributed by atoms with Gasteiger partial charge < -0.3 is 19.1 Å². The Bertz CT molecular complexity index is 817. The van der Waals surface area contributed by atoms with E-state index in [1.165, 1.54) is 5.56 Å². The van der Waals surface area contributed by atoms with E-state index in [9.17, 15) is 4.79 Å². The van der Waals surface area contributed by atoms with Gasteiger partial charge in [0.1, 0.15) is 0 Å². The Hall–Kier alpha value is -2.22. The molecule has 1 heterocycles. The van der Waals surface area contributed by atoms with E-state index in [1.807, 2.05) is 15.8 Å². The van der Waals surface area contributed by atoms with Crippen LogP contribution >= 0.6 is 0 Å². The van der Waals surface area contributed by atoms with Crippen molar-refractivity contribution in [2.45, 2.75) is 59.4 Å². The van der Waals surface area contributed by atoms with Crippen molar-refractivity contribution in [3.05, 3.63) is 42.2 Å². The van der Waals surface area contributed by atoms with Crippen molar-refractivity contribution in [1.82, 2.24) is 14.7 Å². The number of rotatable bonds is 14. The van der Waals surface area contributed by atoms with Crippen LogP contribution in [0.15, 0.2) is 36.7 Å². The number of hydrogen-bond donors (Lipinski definition) is 0. The highest BCUT2D eigenvalue weighted by Gasteiger charge is 2.25. The van der Waals surface area contributed by atoms with E-state index in [0.717, 1.165) is 24.1 Å². The summed E-state index contributed by atoms with van der Waals surface area (Å²) >= 11 is 0. The molecule has 2 aromatic rings. The highest BCUT2D eigenvalue weighted by atomic mass is 16.7. The number of benzene rings is 1. The Labute approximate surface area is 192 Å². The average Bonchev–Trinajstić information content (AvgIpc) is 3.29. The number of methoxy groups -OCH3 is 2. The van der Waals surface area contributed by atoms with E-state index >= 15 is 0 Å². The molecule has 7 nitrogen and oxygen atoms in total. The summed E-state index contributed by atoms with van der Waals surface area (Å²) in [6.07, 6.45) is 4.66. The van der Waals surface area contributed by atoms with E-state index in [1.54, 1.807) is 14.2 Å². The van der Waals surface area contributed by atoms with Crippen LogP contribution in [0.1, 0.15) is 39.7 Å². The fourth-order valence-electron chi connectivity index (χ4n) is 3.45. The third kappa shape index (κ3) is 7.73. The van der Waals surface area contributed by atoms with Gasteiger partial charge >= 0.3 is 0 Å². The van der Waals surface area contributed by atoms with Gasteiger partial charge in [0, 0.05) is 38.6 Å². The number of hydrogen-bond acceptors (Lipinski definition) is 5. The molecule has 0 aliphatic heterocycles. The number of carbonyl (C=O) groups is 1. The molecule has 0 radical (unpaired) electrons. The van der Waals surface area contributed by atoms with Crippen LogP contribution < -0.4 is 0 Å². The Balaban J connectivity index is 1.82. The van der Waals surface area contributed by atoms with Gasteiger partial charge in [-0.3, -0.25) is 9.48 Å². The zero-order chi connectivity index (χ0) is 23.5. The van der Waals surface area contributed by atoms with Crippen LogP contribution in [0.3, 0.4) is 0 Å². The molecule has 0 N–H and O–H groups in total. The number of nitrogens with zero attached hydrogens (tertiary/aromatic N) is 3. The van der Waals surface area contributed by atoms with Gasteiger partial charge in [0.05, 0.1) is 32.4 Å². The molecular weight excluding hydrogens is 406 g/mol. The van der Waals surface area contributed by atoms with E-state index in [0.29, 0.717) is 32.1 Å². The molecule has 1 amide bonds. The number of carbonyl (C=O) groups excluding carboxylic acids is 1. The van der Waals surface area contributed by atoms with E-state index in [2.05, 4.69) is 63.3 Å². The first kappa shape index (κ1) is 26.0. The molecule has 0 aliphatic carbocycles. The van der Waals surface area contributed by atoms with Gasteiger partial charge in [-0.15, -0.1) is 0 Å². The summed E-state index contributed by atoms with van der Waals surface area (Å²) in [5.74, 6) is 0.395.